The fourth-order valence-corrected chi connectivity index (χ4v) is 12.1. The smallest absolute Gasteiger partial charge is 0.135 e. The minimum Gasteiger partial charge on any atom is -0.456 e. The van der Waals surface area contributed by atoms with Gasteiger partial charge in [-0.25, -0.2) is 0 Å². The molecule has 16 rings (SSSR count). The third-order valence-corrected chi connectivity index (χ3v) is 15.4. The molecule has 0 saturated carbocycles. The molecule has 2 nitrogen and oxygen atoms in total. The fraction of sp³-hybridized carbons (Fsp3) is 0. The lowest BCUT2D eigenvalue weighted by molar-refractivity contribution is 0.487. The molecule has 0 radical (unpaired) electrons. The maximum absolute atomic E-state index is 6.82. The van der Waals surface area contributed by atoms with Crippen molar-refractivity contribution in [2.75, 3.05) is 0 Å². The molecule has 322 valence electrons. The topological polar surface area (TPSA) is 18.5 Å². The van der Waals surface area contributed by atoms with Crippen molar-refractivity contribution in [1.82, 2.24) is 0 Å². The Kier molecular flexibility index (Phi) is 7.64. The van der Waals surface area contributed by atoms with Crippen LogP contribution >= 0.6 is 0 Å². The van der Waals surface area contributed by atoms with Crippen LogP contribution in [0.1, 0.15) is 0 Å². The second-order valence-corrected chi connectivity index (χ2v) is 19.1. The van der Waals surface area contributed by atoms with Gasteiger partial charge in [0.25, 0.3) is 0 Å². The van der Waals surface area contributed by atoms with E-state index in [4.69, 9.17) is 9.47 Å². The van der Waals surface area contributed by atoms with Crippen molar-refractivity contribution in [3.05, 3.63) is 231 Å². The van der Waals surface area contributed by atoms with Crippen LogP contribution in [0.15, 0.2) is 231 Å². The molecule has 0 unspecified atom stereocenters. The quantitative estimate of drug-likeness (QED) is 0.164. The van der Waals surface area contributed by atoms with E-state index in [1.807, 2.05) is 0 Å². The SMILES string of the molecule is c1ccc2cc(-c3cc(-c4ccc5c(c4)Oc4cccc6cccc-5c46)c4ccc5c(-c6ccc7ccccc7c6)cc(-c6ccc7c(c6)Oc6cccc8cccc-7c68)c6ccc3c4c65)ccc2c1. The number of ether oxygens (including phenoxy) is 2. The molecule has 2 aliphatic rings. The molecule has 0 bridgehead atoms. The van der Waals surface area contributed by atoms with E-state index < -0.39 is 0 Å². The van der Waals surface area contributed by atoms with Gasteiger partial charge in [-0.2, -0.15) is 0 Å². The molecule has 0 aliphatic carbocycles. The maximum Gasteiger partial charge on any atom is 0.135 e. The zero-order chi connectivity index (χ0) is 45.6. The van der Waals surface area contributed by atoms with Gasteiger partial charge >= 0.3 is 0 Å². The summed E-state index contributed by atoms with van der Waals surface area (Å²) in [5.74, 6) is 3.53. The molecule has 0 amide bonds. The van der Waals surface area contributed by atoms with Crippen molar-refractivity contribution in [3.63, 3.8) is 0 Å². The summed E-state index contributed by atoms with van der Waals surface area (Å²) in [4.78, 5) is 0. The molecule has 14 aromatic rings. The summed E-state index contributed by atoms with van der Waals surface area (Å²) in [6.07, 6.45) is 0. The standard InChI is InChI=1S/C68H38O2/c1-3-11-43-33-45(23-21-39(43)9-1)57-37-59(47-25-27-49-51-17-5-13-41-15-7-19-61(65(41)51)69-63(49)35-47)55-32-30-54-58(46-24-22-40-10-2-4-12-44(40)34-46)38-60(56-31-29-53(57)67(55)68(54)56)48-26-28-50-52-18-6-14-42-16-8-20-62(66(42)52)70-64(50)36-48/h1-38H. The third kappa shape index (κ3) is 5.39. The molecule has 0 fully saturated rings. The van der Waals surface area contributed by atoms with Crippen LogP contribution in [0.25, 0.3) is 142 Å². The molecule has 0 saturated heterocycles. The van der Waals surface area contributed by atoms with Gasteiger partial charge in [0.15, 0.2) is 0 Å². The lowest BCUT2D eigenvalue weighted by atomic mass is 9.81. The summed E-state index contributed by atoms with van der Waals surface area (Å²) in [5.41, 5.74) is 14.0. The molecule has 0 atom stereocenters. The molecule has 2 heteroatoms. The highest BCUT2D eigenvalue weighted by Gasteiger charge is 2.26. The fourth-order valence-electron chi connectivity index (χ4n) is 12.1. The normalized spacial score (nSPS) is 12.5. The van der Waals surface area contributed by atoms with Crippen molar-refractivity contribution >= 4 is 75.4 Å². The molecule has 70 heavy (non-hydrogen) atoms. The van der Waals surface area contributed by atoms with E-state index in [2.05, 4.69) is 231 Å². The van der Waals surface area contributed by atoms with E-state index in [0.29, 0.717) is 0 Å². The second kappa shape index (κ2) is 14.1. The Labute approximate surface area is 403 Å². The molecular weight excluding hydrogens is 849 g/mol. The summed E-state index contributed by atoms with van der Waals surface area (Å²) in [6, 6.07) is 84.9. The van der Waals surface area contributed by atoms with Gasteiger partial charge < -0.3 is 9.47 Å². The first-order valence-corrected chi connectivity index (χ1v) is 24.1. The van der Waals surface area contributed by atoms with Crippen LogP contribution in [0.3, 0.4) is 0 Å². The van der Waals surface area contributed by atoms with Gasteiger partial charge in [-0.15, -0.1) is 0 Å². The average Bonchev–Trinajstić information content (AvgIpc) is 3.42. The molecule has 0 spiro atoms. The largest absolute Gasteiger partial charge is 0.456 e. The maximum atomic E-state index is 6.82. The van der Waals surface area contributed by atoms with Crippen LogP contribution in [0.2, 0.25) is 0 Å². The van der Waals surface area contributed by atoms with Crippen LogP contribution in [0, 0.1) is 0 Å². The summed E-state index contributed by atoms with van der Waals surface area (Å²) in [6.45, 7) is 0. The molecule has 2 aliphatic heterocycles. The van der Waals surface area contributed by atoms with Gasteiger partial charge in [0, 0.05) is 21.9 Å². The predicted molar refractivity (Wildman–Crippen MR) is 293 cm³/mol. The van der Waals surface area contributed by atoms with Crippen LogP contribution in [-0.2, 0) is 0 Å². The highest BCUT2D eigenvalue weighted by molar-refractivity contribution is 6.32. The monoisotopic (exact) mass is 886 g/mol. The van der Waals surface area contributed by atoms with Gasteiger partial charge in [0.1, 0.15) is 23.0 Å². The number of fused-ring (bicyclic) bond motifs is 6. The Hall–Kier alpha value is -9.24. The second-order valence-electron chi connectivity index (χ2n) is 19.1. The molecule has 0 N–H and O–H groups in total. The summed E-state index contributed by atoms with van der Waals surface area (Å²) in [5, 5.41) is 17.0. The lowest BCUT2D eigenvalue weighted by Gasteiger charge is -2.24. The zero-order valence-corrected chi connectivity index (χ0v) is 37.8. The Bertz CT molecular complexity index is 4290. The van der Waals surface area contributed by atoms with Gasteiger partial charge in [0.05, 0.1) is 0 Å². The van der Waals surface area contributed by atoms with E-state index in [9.17, 15) is 0 Å². The lowest BCUT2D eigenvalue weighted by Crippen LogP contribution is -1.98. The Morgan fingerprint density at radius 3 is 0.971 bits per heavy atom. The van der Waals surface area contributed by atoms with Crippen molar-refractivity contribution < 1.29 is 9.47 Å². The molecule has 0 aromatic heterocycles. The molecule has 14 aromatic carbocycles. The summed E-state index contributed by atoms with van der Waals surface area (Å²) < 4.78 is 13.6. The van der Waals surface area contributed by atoms with Crippen molar-refractivity contribution in [2.24, 2.45) is 0 Å². The van der Waals surface area contributed by atoms with E-state index in [1.165, 1.54) is 109 Å². The predicted octanol–water partition coefficient (Wildman–Crippen LogP) is 19.4. The highest BCUT2D eigenvalue weighted by Crippen LogP contribution is 2.53. The van der Waals surface area contributed by atoms with E-state index in [-0.39, 0.29) is 0 Å². The highest BCUT2D eigenvalue weighted by atomic mass is 16.5. The van der Waals surface area contributed by atoms with Crippen molar-refractivity contribution in [1.29, 1.82) is 0 Å². The Balaban J connectivity index is 0.992. The number of benzene rings is 14. The number of hydrogen-bond donors (Lipinski definition) is 0. The molecular formula is C68H38O2. The number of rotatable bonds is 4. The van der Waals surface area contributed by atoms with Crippen molar-refractivity contribution in [2.45, 2.75) is 0 Å². The third-order valence-electron chi connectivity index (χ3n) is 15.4. The van der Waals surface area contributed by atoms with Crippen LogP contribution < -0.4 is 9.47 Å². The van der Waals surface area contributed by atoms with Gasteiger partial charge in [0.2, 0.25) is 0 Å². The van der Waals surface area contributed by atoms with Gasteiger partial charge in [-0.3, -0.25) is 0 Å². The van der Waals surface area contributed by atoms with E-state index >= 15 is 0 Å². The van der Waals surface area contributed by atoms with Gasteiger partial charge in [-0.05, 0) is 181 Å². The van der Waals surface area contributed by atoms with Crippen molar-refractivity contribution in [3.8, 4) is 89.8 Å². The van der Waals surface area contributed by atoms with Crippen LogP contribution in [-0.4, -0.2) is 0 Å². The Morgan fingerprint density at radius 1 is 0.186 bits per heavy atom. The minimum absolute atomic E-state index is 0.871. The number of hydrogen-bond acceptors (Lipinski definition) is 2. The van der Waals surface area contributed by atoms with E-state index in [1.54, 1.807) is 0 Å². The Morgan fingerprint density at radius 2 is 0.543 bits per heavy atom. The summed E-state index contributed by atoms with van der Waals surface area (Å²) >= 11 is 0. The zero-order valence-electron chi connectivity index (χ0n) is 37.8. The average molecular weight is 887 g/mol. The first-order valence-electron chi connectivity index (χ1n) is 24.1. The van der Waals surface area contributed by atoms with E-state index in [0.717, 1.165) is 56.0 Å². The van der Waals surface area contributed by atoms with Crippen LogP contribution in [0.5, 0.6) is 23.0 Å². The first-order chi connectivity index (χ1) is 34.7. The minimum atomic E-state index is 0.871. The first kappa shape index (κ1) is 37.8. The van der Waals surface area contributed by atoms with Gasteiger partial charge in [-0.1, -0.05) is 170 Å². The molecule has 2 heterocycles. The summed E-state index contributed by atoms with van der Waals surface area (Å²) in [7, 11) is 0. The van der Waals surface area contributed by atoms with Crippen LogP contribution in [0.4, 0.5) is 0 Å².